The molecule has 2 aromatic carbocycles. The van der Waals surface area contributed by atoms with Gasteiger partial charge in [0.1, 0.15) is 5.75 Å². The van der Waals surface area contributed by atoms with E-state index in [0.717, 1.165) is 29.8 Å². The van der Waals surface area contributed by atoms with Crippen LogP contribution in [0.2, 0.25) is 0 Å². The highest BCUT2D eigenvalue weighted by Gasteiger charge is 2.21. The second-order valence-corrected chi connectivity index (χ2v) is 6.63. The average molecular weight is 466 g/mol. The number of halogens is 1. The largest absolute Gasteiger partial charge is 0.493 e. The number of nitrogens with zero attached hydrogens (tertiary/aromatic N) is 2. The summed E-state index contributed by atoms with van der Waals surface area (Å²) in [6.07, 6.45) is 0.881. The first-order valence-electron chi connectivity index (χ1n) is 8.62. The molecule has 26 heavy (non-hydrogen) atoms. The van der Waals surface area contributed by atoms with Gasteiger partial charge in [0.05, 0.1) is 19.2 Å². The van der Waals surface area contributed by atoms with E-state index < -0.39 is 0 Å². The number of nitrogens with one attached hydrogen (secondary N) is 1. The highest BCUT2D eigenvalue weighted by Crippen LogP contribution is 2.31. The maximum Gasteiger partial charge on any atom is 0.189 e. The number of hydrogen-bond acceptors (Lipinski definition) is 3. The van der Waals surface area contributed by atoms with E-state index in [1.165, 1.54) is 5.56 Å². The second-order valence-electron chi connectivity index (χ2n) is 6.63. The molecule has 1 heterocycles. The number of ether oxygens (including phenoxy) is 1. The molecule has 3 rings (SSSR count). The molecule has 6 heteroatoms. The first kappa shape index (κ1) is 20.5. The van der Waals surface area contributed by atoms with Crippen molar-refractivity contribution in [2.75, 3.05) is 20.7 Å². The monoisotopic (exact) mass is 466 g/mol. The van der Waals surface area contributed by atoms with Crippen molar-refractivity contribution in [3.8, 4) is 5.75 Å². The van der Waals surface area contributed by atoms with Gasteiger partial charge in [-0.05, 0) is 31.3 Å². The van der Waals surface area contributed by atoms with E-state index in [0.29, 0.717) is 19.1 Å². The minimum Gasteiger partial charge on any atom is -0.493 e. The van der Waals surface area contributed by atoms with Gasteiger partial charge in [-0.25, -0.2) is 4.99 Å². The van der Waals surface area contributed by atoms with Crippen molar-refractivity contribution in [2.45, 2.75) is 25.6 Å². The smallest absolute Gasteiger partial charge is 0.189 e. The van der Waals surface area contributed by atoms with Crippen LogP contribution in [0.1, 0.15) is 29.2 Å². The van der Waals surface area contributed by atoms with Crippen LogP contribution in [-0.4, -0.2) is 31.6 Å². The van der Waals surface area contributed by atoms with E-state index in [1.807, 2.05) is 18.2 Å². The lowest BCUT2D eigenvalue weighted by molar-refractivity contribution is 0.262. The SMILES string of the molecule is CN(C)Cc1cccc(CN=C(N)NC2CCOc3ccccc32)c1.I. The molecule has 0 aliphatic carbocycles. The van der Waals surface area contributed by atoms with Gasteiger partial charge in [0.25, 0.3) is 0 Å². The van der Waals surface area contributed by atoms with Crippen LogP contribution in [0.15, 0.2) is 53.5 Å². The minimum absolute atomic E-state index is 0. The number of aliphatic imine (C=N–C) groups is 1. The molecule has 0 bridgehead atoms. The van der Waals surface area contributed by atoms with Crippen molar-refractivity contribution < 1.29 is 4.74 Å². The predicted molar refractivity (Wildman–Crippen MR) is 117 cm³/mol. The molecule has 1 aliphatic heterocycles. The van der Waals surface area contributed by atoms with Gasteiger partial charge >= 0.3 is 0 Å². The van der Waals surface area contributed by atoms with Crippen LogP contribution in [-0.2, 0) is 13.1 Å². The van der Waals surface area contributed by atoms with E-state index in [2.05, 4.69) is 59.6 Å². The first-order valence-corrected chi connectivity index (χ1v) is 8.62. The number of hydrogen-bond donors (Lipinski definition) is 2. The number of fused-ring (bicyclic) bond motifs is 1. The summed E-state index contributed by atoms with van der Waals surface area (Å²) in [7, 11) is 4.14. The Labute approximate surface area is 172 Å². The highest BCUT2D eigenvalue weighted by atomic mass is 127. The summed E-state index contributed by atoms with van der Waals surface area (Å²) in [6, 6.07) is 16.7. The molecule has 3 N–H and O–H groups in total. The van der Waals surface area contributed by atoms with Crippen LogP contribution in [0.25, 0.3) is 0 Å². The quantitative estimate of drug-likeness (QED) is 0.404. The van der Waals surface area contributed by atoms with Crippen molar-refractivity contribution in [3.63, 3.8) is 0 Å². The summed E-state index contributed by atoms with van der Waals surface area (Å²) in [5.41, 5.74) is 9.70. The van der Waals surface area contributed by atoms with Gasteiger partial charge in [-0.3, -0.25) is 0 Å². The van der Waals surface area contributed by atoms with E-state index in [9.17, 15) is 0 Å². The van der Waals surface area contributed by atoms with Crippen LogP contribution in [0, 0.1) is 0 Å². The fraction of sp³-hybridized carbons (Fsp3) is 0.350. The fourth-order valence-electron chi connectivity index (χ4n) is 3.08. The van der Waals surface area contributed by atoms with Gasteiger partial charge in [0.2, 0.25) is 0 Å². The molecule has 0 spiro atoms. The van der Waals surface area contributed by atoms with Gasteiger partial charge in [0, 0.05) is 18.5 Å². The van der Waals surface area contributed by atoms with Gasteiger partial charge in [-0.15, -0.1) is 24.0 Å². The van der Waals surface area contributed by atoms with Crippen LogP contribution >= 0.6 is 24.0 Å². The van der Waals surface area contributed by atoms with E-state index in [1.54, 1.807) is 0 Å². The molecule has 0 saturated heterocycles. The van der Waals surface area contributed by atoms with Crippen LogP contribution in [0.4, 0.5) is 0 Å². The fourth-order valence-corrected chi connectivity index (χ4v) is 3.08. The zero-order chi connectivity index (χ0) is 17.6. The Kier molecular flexibility index (Phi) is 7.71. The lowest BCUT2D eigenvalue weighted by atomic mass is 10.0. The molecule has 0 saturated carbocycles. The number of para-hydroxylation sites is 1. The van der Waals surface area contributed by atoms with Gasteiger partial charge < -0.3 is 20.7 Å². The highest BCUT2D eigenvalue weighted by molar-refractivity contribution is 14.0. The zero-order valence-corrected chi connectivity index (χ0v) is 17.6. The van der Waals surface area contributed by atoms with Gasteiger partial charge in [0.15, 0.2) is 5.96 Å². The van der Waals surface area contributed by atoms with Crippen LogP contribution < -0.4 is 15.8 Å². The van der Waals surface area contributed by atoms with Crippen molar-refractivity contribution in [1.82, 2.24) is 10.2 Å². The molecule has 0 aromatic heterocycles. The van der Waals surface area contributed by atoms with Crippen LogP contribution in [0.3, 0.4) is 0 Å². The lowest BCUT2D eigenvalue weighted by Crippen LogP contribution is -2.37. The molecule has 1 atom stereocenters. The van der Waals surface area contributed by atoms with Gasteiger partial charge in [-0.2, -0.15) is 0 Å². The molecule has 0 fully saturated rings. The summed E-state index contributed by atoms with van der Waals surface area (Å²) in [6.45, 7) is 2.18. The number of nitrogens with two attached hydrogens (primary N) is 1. The predicted octanol–water partition coefficient (Wildman–Crippen LogP) is 3.29. The number of benzene rings is 2. The first-order chi connectivity index (χ1) is 12.1. The average Bonchev–Trinajstić information content (AvgIpc) is 2.60. The standard InChI is InChI=1S/C20H26N4O.HI/c1-24(2)14-16-7-5-6-15(12-16)13-22-20(21)23-18-10-11-25-19-9-4-3-8-17(18)19;/h3-9,12,18H,10-11,13-14H2,1-2H3,(H3,21,22,23);1H. The Balaban J connectivity index is 0.00000243. The number of guanidine groups is 1. The van der Waals surface area contributed by atoms with Crippen molar-refractivity contribution in [1.29, 1.82) is 0 Å². The van der Waals surface area contributed by atoms with Crippen molar-refractivity contribution in [2.24, 2.45) is 10.7 Å². The minimum atomic E-state index is 0. The topological polar surface area (TPSA) is 62.9 Å². The summed E-state index contributed by atoms with van der Waals surface area (Å²) in [5, 5.41) is 3.33. The molecule has 0 amide bonds. The maximum atomic E-state index is 6.12. The summed E-state index contributed by atoms with van der Waals surface area (Å²) >= 11 is 0. The Morgan fingerprint density at radius 2 is 1.96 bits per heavy atom. The van der Waals surface area contributed by atoms with E-state index in [4.69, 9.17) is 10.5 Å². The summed E-state index contributed by atoms with van der Waals surface area (Å²) < 4.78 is 5.68. The van der Waals surface area contributed by atoms with Gasteiger partial charge in [-0.1, -0.05) is 42.5 Å². The summed E-state index contributed by atoms with van der Waals surface area (Å²) in [5.74, 6) is 1.40. The van der Waals surface area contributed by atoms with Crippen molar-refractivity contribution in [3.05, 3.63) is 65.2 Å². The molecule has 1 aliphatic rings. The molecule has 5 nitrogen and oxygen atoms in total. The maximum absolute atomic E-state index is 6.12. The van der Waals surface area contributed by atoms with E-state index in [-0.39, 0.29) is 30.0 Å². The Morgan fingerprint density at radius 1 is 1.19 bits per heavy atom. The molecular weight excluding hydrogens is 439 g/mol. The molecule has 1 unspecified atom stereocenters. The molecular formula is C20H27IN4O. The molecule has 2 aromatic rings. The Morgan fingerprint density at radius 3 is 2.77 bits per heavy atom. The third kappa shape index (κ3) is 5.60. The second kappa shape index (κ2) is 9.78. The third-order valence-corrected chi connectivity index (χ3v) is 4.20. The van der Waals surface area contributed by atoms with E-state index >= 15 is 0 Å². The Hall–Kier alpha value is -1.80. The molecule has 0 radical (unpaired) electrons. The number of rotatable bonds is 5. The zero-order valence-electron chi connectivity index (χ0n) is 15.3. The Bertz CT molecular complexity index is 748. The lowest BCUT2D eigenvalue weighted by Gasteiger charge is -2.26. The van der Waals surface area contributed by atoms with Crippen molar-refractivity contribution >= 4 is 29.9 Å². The molecule has 140 valence electrons. The normalized spacial score (nSPS) is 16.4. The van der Waals surface area contributed by atoms with Crippen LogP contribution in [0.5, 0.6) is 5.75 Å². The summed E-state index contributed by atoms with van der Waals surface area (Å²) in [4.78, 5) is 6.66. The third-order valence-electron chi connectivity index (χ3n) is 4.20.